The first-order valence-corrected chi connectivity index (χ1v) is 8.63. The van der Waals surface area contributed by atoms with E-state index < -0.39 is 0 Å². The molecule has 0 saturated heterocycles. The molecule has 3 saturated carbocycles. The minimum atomic E-state index is -0.197. The van der Waals surface area contributed by atoms with Gasteiger partial charge in [0, 0.05) is 12.1 Å². The number of hydrogen-bond donors (Lipinski definition) is 1. The Hall–Kier alpha value is -0.590. The molecule has 0 spiro atoms. The van der Waals surface area contributed by atoms with Crippen molar-refractivity contribution in [2.45, 2.75) is 81.8 Å². The van der Waals surface area contributed by atoms with Crippen LogP contribution in [0.5, 0.6) is 0 Å². The maximum Gasteiger partial charge on any atom is 0.109 e. The van der Waals surface area contributed by atoms with Crippen LogP contribution in [0.4, 0.5) is 0 Å². The van der Waals surface area contributed by atoms with Crippen LogP contribution in [-0.4, -0.2) is 36.1 Å². The Balaban J connectivity index is 1.53. The van der Waals surface area contributed by atoms with Gasteiger partial charge in [0.25, 0.3) is 0 Å². The summed E-state index contributed by atoms with van der Waals surface area (Å²) in [4.78, 5) is 2.56. The minimum absolute atomic E-state index is 0.197. The summed E-state index contributed by atoms with van der Waals surface area (Å²) in [5, 5.41) is 13.4. The smallest absolute Gasteiger partial charge is 0.109 e. The Morgan fingerprint density at radius 2 is 1.90 bits per heavy atom. The lowest BCUT2D eigenvalue weighted by Crippen LogP contribution is -2.49. The second-order valence-electron chi connectivity index (χ2n) is 7.30. The predicted molar refractivity (Wildman–Crippen MR) is 81.3 cm³/mol. The highest BCUT2D eigenvalue weighted by Gasteiger charge is 2.45. The van der Waals surface area contributed by atoms with Gasteiger partial charge in [0.15, 0.2) is 0 Å². The van der Waals surface area contributed by atoms with Gasteiger partial charge in [-0.15, -0.1) is 0 Å². The first kappa shape index (κ1) is 14.4. The highest BCUT2D eigenvalue weighted by atomic mass is 15.1. The molecule has 3 fully saturated rings. The van der Waals surface area contributed by atoms with Crippen molar-refractivity contribution in [1.82, 2.24) is 10.2 Å². The summed E-state index contributed by atoms with van der Waals surface area (Å²) in [7, 11) is 2.29. The van der Waals surface area contributed by atoms with Gasteiger partial charge in [-0.25, -0.2) is 0 Å². The van der Waals surface area contributed by atoms with Crippen LogP contribution in [0, 0.1) is 17.2 Å². The van der Waals surface area contributed by atoms with Crippen molar-refractivity contribution in [2.75, 3.05) is 13.6 Å². The van der Waals surface area contributed by atoms with Crippen LogP contribution in [0.1, 0.15) is 64.2 Å². The number of nitrogens with one attached hydrogen (secondary N) is 1. The fourth-order valence-electron chi connectivity index (χ4n) is 4.32. The Labute approximate surface area is 123 Å². The van der Waals surface area contributed by atoms with Crippen LogP contribution in [0.2, 0.25) is 0 Å². The average Bonchev–Trinajstić information content (AvgIpc) is 2.95. The lowest BCUT2D eigenvalue weighted by molar-refractivity contribution is 0.205. The highest BCUT2D eigenvalue weighted by molar-refractivity contribution is 5.16. The zero-order valence-electron chi connectivity index (χ0n) is 12.9. The molecule has 20 heavy (non-hydrogen) atoms. The van der Waals surface area contributed by atoms with Crippen LogP contribution < -0.4 is 5.32 Å². The summed E-state index contributed by atoms with van der Waals surface area (Å²) < 4.78 is 0. The third kappa shape index (κ3) is 3.02. The first-order valence-electron chi connectivity index (χ1n) is 8.63. The van der Waals surface area contributed by atoms with Gasteiger partial charge in [-0.3, -0.25) is 5.32 Å². The topological polar surface area (TPSA) is 39.1 Å². The van der Waals surface area contributed by atoms with E-state index >= 15 is 0 Å². The molecule has 0 bridgehead atoms. The molecule has 0 aromatic carbocycles. The van der Waals surface area contributed by atoms with E-state index in [0.29, 0.717) is 12.0 Å². The van der Waals surface area contributed by atoms with Crippen molar-refractivity contribution in [3.63, 3.8) is 0 Å². The van der Waals surface area contributed by atoms with Crippen molar-refractivity contribution < 1.29 is 0 Å². The molecule has 3 rings (SSSR count). The number of nitrogens with zero attached hydrogens (tertiary/aromatic N) is 2. The van der Waals surface area contributed by atoms with Gasteiger partial charge in [-0.1, -0.05) is 19.3 Å². The quantitative estimate of drug-likeness (QED) is 0.809. The van der Waals surface area contributed by atoms with Gasteiger partial charge in [0.2, 0.25) is 0 Å². The molecule has 3 nitrogen and oxygen atoms in total. The zero-order chi connectivity index (χ0) is 14.0. The van der Waals surface area contributed by atoms with Crippen LogP contribution in [0.25, 0.3) is 0 Å². The summed E-state index contributed by atoms with van der Waals surface area (Å²) in [6, 6.07) is 4.11. The molecule has 112 valence electrons. The van der Waals surface area contributed by atoms with Gasteiger partial charge < -0.3 is 4.90 Å². The summed E-state index contributed by atoms with van der Waals surface area (Å²) in [5.41, 5.74) is -0.197. The van der Waals surface area contributed by atoms with Crippen LogP contribution in [0.15, 0.2) is 0 Å². The van der Waals surface area contributed by atoms with Gasteiger partial charge >= 0.3 is 0 Å². The van der Waals surface area contributed by atoms with Crippen molar-refractivity contribution >= 4 is 0 Å². The monoisotopic (exact) mass is 275 g/mol. The lowest BCUT2D eigenvalue weighted by atomic mass is 9.85. The third-order valence-electron chi connectivity index (χ3n) is 5.84. The molecule has 0 amide bonds. The van der Waals surface area contributed by atoms with E-state index in [1.807, 2.05) is 0 Å². The summed E-state index contributed by atoms with van der Waals surface area (Å²) in [5.74, 6) is 0.567. The van der Waals surface area contributed by atoms with E-state index in [1.54, 1.807) is 0 Å². The van der Waals surface area contributed by atoms with Crippen molar-refractivity contribution in [3.05, 3.63) is 0 Å². The van der Waals surface area contributed by atoms with Crippen LogP contribution >= 0.6 is 0 Å². The van der Waals surface area contributed by atoms with Crippen molar-refractivity contribution in [1.29, 1.82) is 5.26 Å². The molecular weight excluding hydrogens is 246 g/mol. The lowest BCUT2D eigenvalue weighted by Gasteiger charge is -2.32. The standard InChI is InChI=1S/C17H29N3/c1-20(16-6-2-3-7-16)12-10-14-5-4-11-17(14,13-18)19-15-8-9-15/h14-16,19H,2-12H2,1H3. The van der Waals surface area contributed by atoms with E-state index in [0.717, 1.165) is 12.5 Å². The van der Waals surface area contributed by atoms with Gasteiger partial charge in [-0.05, 0) is 64.5 Å². The molecule has 0 heterocycles. The van der Waals surface area contributed by atoms with E-state index in [1.165, 1.54) is 64.3 Å². The Kier molecular flexibility index (Phi) is 4.33. The largest absolute Gasteiger partial charge is 0.303 e. The fourth-order valence-corrected chi connectivity index (χ4v) is 4.32. The molecule has 0 aromatic heterocycles. The van der Waals surface area contributed by atoms with Crippen molar-refractivity contribution in [3.8, 4) is 6.07 Å². The molecule has 3 aliphatic rings. The average molecular weight is 275 g/mol. The van der Waals surface area contributed by atoms with Crippen LogP contribution in [-0.2, 0) is 0 Å². The Morgan fingerprint density at radius 3 is 2.55 bits per heavy atom. The molecule has 0 radical (unpaired) electrons. The maximum absolute atomic E-state index is 9.71. The second-order valence-corrected chi connectivity index (χ2v) is 7.30. The zero-order valence-corrected chi connectivity index (χ0v) is 12.9. The highest BCUT2D eigenvalue weighted by Crippen LogP contribution is 2.40. The van der Waals surface area contributed by atoms with Gasteiger partial charge in [-0.2, -0.15) is 5.26 Å². The maximum atomic E-state index is 9.71. The number of nitriles is 1. The second kappa shape index (κ2) is 6.03. The first-order chi connectivity index (χ1) is 9.73. The summed E-state index contributed by atoms with van der Waals surface area (Å²) in [6.45, 7) is 1.17. The molecule has 2 atom stereocenters. The molecule has 0 aromatic rings. The van der Waals surface area contributed by atoms with Crippen molar-refractivity contribution in [2.24, 2.45) is 5.92 Å². The normalized spacial score (nSPS) is 34.8. The Bertz CT molecular complexity index is 365. The van der Waals surface area contributed by atoms with Gasteiger partial charge in [0.05, 0.1) is 6.07 Å². The van der Waals surface area contributed by atoms with E-state index in [2.05, 4.69) is 23.3 Å². The number of hydrogen-bond acceptors (Lipinski definition) is 3. The summed E-state index contributed by atoms with van der Waals surface area (Å²) in [6.07, 6.45) is 12.9. The third-order valence-corrected chi connectivity index (χ3v) is 5.84. The molecule has 1 N–H and O–H groups in total. The van der Waals surface area contributed by atoms with Crippen LogP contribution in [0.3, 0.4) is 0 Å². The Morgan fingerprint density at radius 1 is 1.15 bits per heavy atom. The SMILES string of the molecule is CN(CCC1CCCC1(C#N)NC1CC1)C1CCCC1. The van der Waals surface area contributed by atoms with E-state index in [-0.39, 0.29) is 5.54 Å². The molecule has 3 heteroatoms. The minimum Gasteiger partial charge on any atom is -0.303 e. The van der Waals surface area contributed by atoms with Gasteiger partial charge in [0.1, 0.15) is 5.54 Å². The fraction of sp³-hybridized carbons (Fsp3) is 0.941. The molecule has 2 unspecified atom stereocenters. The van der Waals surface area contributed by atoms with E-state index in [4.69, 9.17) is 0 Å². The molecular formula is C17H29N3. The molecule has 3 aliphatic carbocycles. The molecule has 0 aliphatic heterocycles. The summed E-state index contributed by atoms with van der Waals surface area (Å²) >= 11 is 0. The number of rotatable bonds is 6. The van der Waals surface area contributed by atoms with E-state index in [9.17, 15) is 5.26 Å². The predicted octanol–water partition coefficient (Wildman–Crippen LogP) is 3.07.